The second-order valence-electron chi connectivity index (χ2n) is 6.42. The SMILES string of the molecule is CC1CCN(CCS(=O)(=O)CC(=O)O)CCN1Cc1ccccc1. The van der Waals surface area contributed by atoms with Crippen LogP contribution in [-0.4, -0.2) is 73.0 Å². The molecule has 1 saturated heterocycles. The predicted molar refractivity (Wildman–Crippen MR) is 93.7 cm³/mol. The topological polar surface area (TPSA) is 77.9 Å². The van der Waals surface area contributed by atoms with E-state index in [9.17, 15) is 13.2 Å². The van der Waals surface area contributed by atoms with Gasteiger partial charge < -0.3 is 10.0 Å². The molecule has 6 nitrogen and oxygen atoms in total. The minimum Gasteiger partial charge on any atom is -0.480 e. The molecule has 0 spiro atoms. The summed E-state index contributed by atoms with van der Waals surface area (Å²) in [6.45, 7) is 6.03. The first-order chi connectivity index (χ1) is 11.4. The van der Waals surface area contributed by atoms with Gasteiger partial charge in [-0.3, -0.25) is 9.69 Å². The molecule has 1 aliphatic rings. The molecule has 0 amide bonds. The summed E-state index contributed by atoms with van der Waals surface area (Å²) in [5, 5.41) is 8.64. The van der Waals surface area contributed by atoms with Crippen molar-refractivity contribution in [3.8, 4) is 0 Å². The molecule has 2 rings (SSSR count). The fourth-order valence-corrected chi connectivity index (χ4v) is 4.02. The minimum atomic E-state index is -3.52. The van der Waals surface area contributed by atoms with Crippen LogP contribution in [0.25, 0.3) is 0 Å². The summed E-state index contributed by atoms with van der Waals surface area (Å²) in [7, 11) is -3.52. The number of carboxylic acids is 1. The van der Waals surface area contributed by atoms with Crippen molar-refractivity contribution in [3.63, 3.8) is 0 Å². The smallest absolute Gasteiger partial charge is 0.318 e. The second kappa shape index (κ2) is 8.60. The highest BCUT2D eigenvalue weighted by Crippen LogP contribution is 2.14. The Morgan fingerprint density at radius 2 is 1.92 bits per heavy atom. The largest absolute Gasteiger partial charge is 0.480 e. The van der Waals surface area contributed by atoms with Gasteiger partial charge >= 0.3 is 5.97 Å². The normalized spacial score (nSPS) is 20.6. The third-order valence-corrected chi connectivity index (χ3v) is 5.97. The lowest BCUT2D eigenvalue weighted by Gasteiger charge is -2.26. The molecular weight excluding hydrogens is 328 g/mol. The molecule has 24 heavy (non-hydrogen) atoms. The molecule has 1 heterocycles. The Bertz CT molecular complexity index is 633. The molecule has 1 N–H and O–H groups in total. The summed E-state index contributed by atoms with van der Waals surface area (Å²) >= 11 is 0. The Morgan fingerprint density at radius 1 is 1.21 bits per heavy atom. The number of benzene rings is 1. The van der Waals surface area contributed by atoms with Crippen molar-refractivity contribution in [2.24, 2.45) is 0 Å². The van der Waals surface area contributed by atoms with E-state index in [1.807, 2.05) is 18.2 Å². The summed E-state index contributed by atoms with van der Waals surface area (Å²) in [5.74, 6) is -2.16. The van der Waals surface area contributed by atoms with Crippen molar-refractivity contribution >= 4 is 15.8 Å². The van der Waals surface area contributed by atoms with Gasteiger partial charge in [-0.25, -0.2) is 8.42 Å². The maximum atomic E-state index is 11.7. The van der Waals surface area contributed by atoms with Crippen molar-refractivity contribution in [3.05, 3.63) is 35.9 Å². The molecule has 0 aromatic heterocycles. The zero-order chi connectivity index (χ0) is 17.6. The van der Waals surface area contributed by atoms with Crippen molar-refractivity contribution in [2.75, 3.05) is 37.7 Å². The molecule has 1 atom stereocenters. The first kappa shape index (κ1) is 18.9. The summed E-state index contributed by atoms with van der Waals surface area (Å²) in [6.07, 6.45) is 0.978. The molecule has 0 bridgehead atoms. The summed E-state index contributed by atoms with van der Waals surface area (Å²) in [5.41, 5.74) is 1.28. The highest BCUT2D eigenvalue weighted by molar-refractivity contribution is 7.92. The van der Waals surface area contributed by atoms with Gasteiger partial charge in [-0.2, -0.15) is 0 Å². The van der Waals surface area contributed by atoms with Crippen molar-refractivity contribution in [1.29, 1.82) is 0 Å². The van der Waals surface area contributed by atoms with E-state index >= 15 is 0 Å². The van der Waals surface area contributed by atoms with Crippen molar-refractivity contribution < 1.29 is 18.3 Å². The number of nitrogens with zero attached hydrogens (tertiary/aromatic N) is 2. The molecule has 134 valence electrons. The minimum absolute atomic E-state index is 0.0909. The molecule has 0 saturated carbocycles. The van der Waals surface area contributed by atoms with Crippen molar-refractivity contribution in [1.82, 2.24) is 9.80 Å². The first-order valence-corrected chi connectivity index (χ1v) is 10.1. The summed E-state index contributed by atoms with van der Waals surface area (Å²) < 4.78 is 23.4. The third kappa shape index (κ3) is 6.22. The monoisotopic (exact) mass is 354 g/mol. The lowest BCUT2D eigenvalue weighted by atomic mass is 10.1. The quantitative estimate of drug-likeness (QED) is 0.790. The van der Waals surface area contributed by atoms with Crippen molar-refractivity contribution in [2.45, 2.75) is 25.9 Å². The van der Waals surface area contributed by atoms with Gasteiger partial charge in [-0.15, -0.1) is 0 Å². The highest BCUT2D eigenvalue weighted by Gasteiger charge is 2.23. The van der Waals surface area contributed by atoms with Crippen LogP contribution in [0.3, 0.4) is 0 Å². The standard InChI is InChI=1S/C17H26N2O4S/c1-15-7-8-18(11-12-24(22,23)14-17(20)21)9-10-19(15)13-16-5-3-2-4-6-16/h2-6,15H,7-14H2,1H3,(H,20,21). The average molecular weight is 354 g/mol. The number of carboxylic acid groups (broad SMARTS) is 1. The van der Waals surface area contributed by atoms with E-state index < -0.39 is 21.6 Å². The number of aliphatic carboxylic acids is 1. The van der Waals surface area contributed by atoms with E-state index in [0.29, 0.717) is 12.6 Å². The van der Waals surface area contributed by atoms with E-state index in [1.165, 1.54) is 5.56 Å². The van der Waals surface area contributed by atoms with Crippen LogP contribution < -0.4 is 0 Å². The molecular formula is C17H26N2O4S. The van der Waals surface area contributed by atoms with E-state index in [1.54, 1.807) is 0 Å². The van der Waals surface area contributed by atoms with E-state index in [0.717, 1.165) is 32.6 Å². The number of hydrogen-bond donors (Lipinski definition) is 1. The van der Waals surface area contributed by atoms with Crippen LogP contribution in [0.4, 0.5) is 0 Å². The third-order valence-electron chi connectivity index (χ3n) is 4.48. The fraction of sp³-hybridized carbons (Fsp3) is 0.588. The van der Waals surface area contributed by atoms with Crippen LogP contribution >= 0.6 is 0 Å². The fourth-order valence-electron chi connectivity index (χ4n) is 2.96. The second-order valence-corrected chi connectivity index (χ2v) is 8.61. The predicted octanol–water partition coefficient (Wildman–Crippen LogP) is 1.08. The molecule has 0 radical (unpaired) electrons. The van der Waals surface area contributed by atoms with Crippen LogP contribution in [-0.2, 0) is 21.2 Å². The van der Waals surface area contributed by atoms with E-state index in [4.69, 9.17) is 5.11 Å². The highest BCUT2D eigenvalue weighted by atomic mass is 32.2. The maximum absolute atomic E-state index is 11.7. The van der Waals surface area contributed by atoms with Gasteiger partial charge in [-0.05, 0) is 25.5 Å². The Morgan fingerprint density at radius 3 is 2.58 bits per heavy atom. The van der Waals surface area contributed by atoms with Crippen LogP contribution in [0.5, 0.6) is 0 Å². The first-order valence-electron chi connectivity index (χ1n) is 8.28. The lowest BCUT2D eigenvalue weighted by Crippen LogP contribution is -2.35. The Kier molecular flexibility index (Phi) is 6.77. The lowest BCUT2D eigenvalue weighted by molar-refractivity contribution is -0.134. The van der Waals surface area contributed by atoms with Crippen LogP contribution in [0.2, 0.25) is 0 Å². The Labute approximate surface area is 144 Å². The molecule has 7 heteroatoms. The Hall–Kier alpha value is -1.44. The van der Waals surface area contributed by atoms with Gasteiger partial charge in [0.25, 0.3) is 0 Å². The molecule has 1 fully saturated rings. The zero-order valence-electron chi connectivity index (χ0n) is 14.1. The van der Waals surface area contributed by atoms with E-state index in [2.05, 4.69) is 28.9 Å². The maximum Gasteiger partial charge on any atom is 0.318 e. The van der Waals surface area contributed by atoms with Crippen LogP contribution in [0.15, 0.2) is 30.3 Å². The average Bonchev–Trinajstić information content (AvgIpc) is 2.68. The number of carbonyl (C=O) groups is 1. The van der Waals surface area contributed by atoms with Gasteiger partial charge in [0.05, 0.1) is 5.75 Å². The Balaban J connectivity index is 1.86. The molecule has 0 aliphatic carbocycles. The van der Waals surface area contributed by atoms with Crippen LogP contribution in [0.1, 0.15) is 18.9 Å². The zero-order valence-corrected chi connectivity index (χ0v) is 14.9. The molecule has 1 aromatic rings. The van der Waals surface area contributed by atoms with Crippen LogP contribution in [0, 0.1) is 0 Å². The van der Waals surface area contributed by atoms with Gasteiger partial charge in [-0.1, -0.05) is 30.3 Å². The van der Waals surface area contributed by atoms with Gasteiger partial charge in [0.2, 0.25) is 0 Å². The number of rotatable bonds is 7. The number of sulfone groups is 1. The number of hydrogen-bond acceptors (Lipinski definition) is 5. The van der Waals surface area contributed by atoms with Gasteiger partial charge in [0, 0.05) is 32.2 Å². The van der Waals surface area contributed by atoms with Gasteiger partial charge in [0.1, 0.15) is 5.75 Å². The summed E-state index contributed by atoms with van der Waals surface area (Å²) in [4.78, 5) is 15.1. The van der Waals surface area contributed by atoms with E-state index in [-0.39, 0.29) is 5.75 Å². The summed E-state index contributed by atoms with van der Waals surface area (Å²) in [6, 6.07) is 10.8. The molecule has 1 aliphatic heterocycles. The molecule has 1 aromatic carbocycles. The van der Waals surface area contributed by atoms with Gasteiger partial charge in [0.15, 0.2) is 9.84 Å². The molecule has 1 unspecified atom stereocenters.